The Balaban J connectivity index is 1.35. The van der Waals surface area contributed by atoms with Crippen molar-refractivity contribution in [3.05, 3.63) is 11.6 Å². The Labute approximate surface area is 267 Å². The number of carbonyl (C=O) groups is 2. The van der Waals surface area contributed by atoms with E-state index in [2.05, 4.69) is 47.6 Å². The van der Waals surface area contributed by atoms with Crippen LogP contribution in [0.5, 0.6) is 0 Å². The minimum atomic E-state index is -1.36. The molecule has 6 rings (SSSR count). The van der Waals surface area contributed by atoms with Crippen molar-refractivity contribution >= 4 is 11.9 Å². The van der Waals surface area contributed by atoms with Crippen LogP contribution in [0.25, 0.3) is 0 Å². The van der Waals surface area contributed by atoms with Crippen LogP contribution in [0.2, 0.25) is 0 Å². The number of aliphatic carboxylic acids is 2. The van der Waals surface area contributed by atoms with Crippen LogP contribution in [0.15, 0.2) is 11.6 Å². The molecule has 6 aliphatic rings. The molecular formula is C36H56O9. The minimum Gasteiger partial charge on any atom is -0.481 e. The fraction of sp³-hybridized carbons (Fsp3) is 0.889. The SMILES string of the molecule is C[C@H]1[C@H](C)CC[C@]2(C(=O)O)CC[C@]3(C(=O)O)C(=CC[C@@H]4[C@@]5(C)CC[C@H](O[C@@H]6O[C@@H](C)[C@@H](O)[C@@H](O)[C@@H]6O)C(C)(C)[C@@H]5CC[C@]43C)[C@H]12. The number of fused-ring (bicyclic) bond motifs is 7. The molecule has 1 aliphatic heterocycles. The van der Waals surface area contributed by atoms with E-state index in [0.29, 0.717) is 31.6 Å². The summed E-state index contributed by atoms with van der Waals surface area (Å²) in [7, 11) is 0. The van der Waals surface area contributed by atoms with Crippen LogP contribution in [0.3, 0.4) is 0 Å². The number of carboxylic acids is 2. The van der Waals surface area contributed by atoms with Gasteiger partial charge in [0.2, 0.25) is 0 Å². The molecule has 0 spiro atoms. The lowest BCUT2D eigenvalue weighted by atomic mass is 9.33. The highest BCUT2D eigenvalue weighted by Gasteiger charge is 2.73. The molecular weight excluding hydrogens is 576 g/mol. The van der Waals surface area contributed by atoms with E-state index in [9.17, 15) is 35.1 Å². The molecule has 15 atom stereocenters. The topological polar surface area (TPSA) is 154 Å². The summed E-state index contributed by atoms with van der Waals surface area (Å²) in [6.45, 7) is 15.0. The number of ether oxygens (including phenoxy) is 2. The van der Waals surface area contributed by atoms with E-state index in [0.717, 1.165) is 37.7 Å². The Morgan fingerprint density at radius 2 is 1.51 bits per heavy atom. The maximum absolute atomic E-state index is 13.8. The number of rotatable bonds is 4. The fourth-order valence-corrected chi connectivity index (χ4v) is 12.5. The maximum Gasteiger partial charge on any atom is 0.314 e. The Bertz CT molecular complexity index is 1250. The zero-order valence-electron chi connectivity index (χ0n) is 28.2. The van der Waals surface area contributed by atoms with E-state index in [1.54, 1.807) is 6.92 Å². The van der Waals surface area contributed by atoms with E-state index in [1.165, 1.54) is 0 Å². The first-order chi connectivity index (χ1) is 20.9. The first kappa shape index (κ1) is 33.4. The Kier molecular flexibility index (Phi) is 7.97. The molecule has 9 heteroatoms. The number of aliphatic hydroxyl groups is 3. The van der Waals surface area contributed by atoms with Crippen molar-refractivity contribution in [2.45, 2.75) is 143 Å². The molecule has 0 aromatic heterocycles. The number of hydrogen-bond acceptors (Lipinski definition) is 7. The lowest BCUT2D eigenvalue weighted by Gasteiger charge is -2.70. The largest absolute Gasteiger partial charge is 0.481 e. The molecule has 254 valence electrons. The summed E-state index contributed by atoms with van der Waals surface area (Å²) < 4.78 is 12.3. The molecule has 1 heterocycles. The van der Waals surface area contributed by atoms with Gasteiger partial charge in [0.05, 0.1) is 23.0 Å². The van der Waals surface area contributed by atoms with Gasteiger partial charge in [-0.2, -0.15) is 0 Å². The molecule has 4 saturated carbocycles. The maximum atomic E-state index is 13.8. The average molecular weight is 633 g/mol. The van der Waals surface area contributed by atoms with Crippen LogP contribution in [-0.2, 0) is 19.1 Å². The van der Waals surface area contributed by atoms with Gasteiger partial charge in [0.15, 0.2) is 6.29 Å². The number of carboxylic acid groups (broad SMARTS) is 2. The van der Waals surface area contributed by atoms with Crippen molar-refractivity contribution in [1.82, 2.24) is 0 Å². The molecule has 0 aromatic carbocycles. The summed E-state index contributed by atoms with van der Waals surface area (Å²) in [4.78, 5) is 26.8. The number of aliphatic hydroxyl groups excluding tert-OH is 3. The van der Waals surface area contributed by atoms with Crippen molar-refractivity contribution in [3.63, 3.8) is 0 Å². The highest BCUT2D eigenvalue weighted by molar-refractivity contribution is 5.84. The fourth-order valence-electron chi connectivity index (χ4n) is 12.5. The molecule has 5 aliphatic carbocycles. The van der Waals surface area contributed by atoms with E-state index < -0.39 is 58.9 Å². The highest BCUT2D eigenvalue weighted by Crippen LogP contribution is 2.76. The number of allylic oxidation sites excluding steroid dienone is 1. The molecule has 0 radical (unpaired) electrons. The van der Waals surface area contributed by atoms with Crippen LogP contribution in [0.4, 0.5) is 0 Å². The molecule has 9 nitrogen and oxygen atoms in total. The highest BCUT2D eigenvalue weighted by atomic mass is 16.7. The first-order valence-electron chi connectivity index (χ1n) is 17.4. The van der Waals surface area contributed by atoms with E-state index in [-0.39, 0.29) is 40.6 Å². The molecule has 0 aromatic rings. The van der Waals surface area contributed by atoms with Gasteiger partial charge in [-0.1, -0.05) is 53.2 Å². The Morgan fingerprint density at radius 3 is 2.16 bits per heavy atom. The van der Waals surface area contributed by atoms with Gasteiger partial charge in [0, 0.05) is 0 Å². The summed E-state index contributed by atoms with van der Waals surface area (Å²) in [5.41, 5.74) is -2.13. The van der Waals surface area contributed by atoms with Gasteiger partial charge >= 0.3 is 11.9 Å². The second-order valence-corrected chi connectivity index (χ2v) is 17.2. The van der Waals surface area contributed by atoms with Gasteiger partial charge in [-0.15, -0.1) is 0 Å². The van der Waals surface area contributed by atoms with Crippen LogP contribution < -0.4 is 0 Å². The van der Waals surface area contributed by atoms with Crippen molar-refractivity contribution in [2.75, 3.05) is 0 Å². The third-order valence-electron chi connectivity index (χ3n) is 15.3. The minimum absolute atomic E-state index is 0.0958. The molecule has 5 N–H and O–H groups in total. The first-order valence-corrected chi connectivity index (χ1v) is 17.4. The second-order valence-electron chi connectivity index (χ2n) is 17.2. The monoisotopic (exact) mass is 632 g/mol. The van der Waals surface area contributed by atoms with Crippen LogP contribution in [0.1, 0.15) is 106 Å². The standard InChI is InChI=1S/C36H56O9/c1-18-10-15-35(30(40)41)16-17-36(31(42)43)21(25(35)19(18)2)8-9-23-33(6)13-12-24(32(4,5)22(33)11-14-34(23,36)7)45-29-28(39)27(38)26(37)20(3)44-29/h8,18-20,22-29,37-39H,9-17H2,1-7H3,(H,40,41)(H,42,43)/t18-,19+,20+,22+,23-,24+,25+,26-,27-,28+,29+,33+,34-,35+,36-/m1/s1. The van der Waals surface area contributed by atoms with Gasteiger partial charge in [0.1, 0.15) is 18.3 Å². The van der Waals surface area contributed by atoms with Gasteiger partial charge in [-0.05, 0) is 111 Å². The van der Waals surface area contributed by atoms with Crippen molar-refractivity contribution in [3.8, 4) is 0 Å². The zero-order valence-corrected chi connectivity index (χ0v) is 28.2. The summed E-state index contributed by atoms with van der Waals surface area (Å²) in [5.74, 6) is -1.08. The van der Waals surface area contributed by atoms with Crippen molar-refractivity contribution in [1.29, 1.82) is 0 Å². The Morgan fingerprint density at radius 1 is 0.822 bits per heavy atom. The quantitative estimate of drug-likeness (QED) is 0.213. The summed E-state index contributed by atoms with van der Waals surface area (Å²) >= 11 is 0. The second kappa shape index (κ2) is 10.7. The van der Waals surface area contributed by atoms with Gasteiger partial charge in [-0.25, -0.2) is 0 Å². The van der Waals surface area contributed by atoms with E-state index >= 15 is 0 Å². The van der Waals surface area contributed by atoms with Crippen LogP contribution in [0, 0.1) is 56.7 Å². The summed E-state index contributed by atoms with van der Waals surface area (Å²) in [5, 5.41) is 53.2. The lowest BCUT2D eigenvalue weighted by Crippen LogP contribution is -2.68. The van der Waals surface area contributed by atoms with Gasteiger partial charge in [0.25, 0.3) is 0 Å². The summed E-state index contributed by atoms with van der Waals surface area (Å²) in [6, 6.07) is 0. The molecule has 0 unspecified atom stereocenters. The van der Waals surface area contributed by atoms with Gasteiger partial charge < -0.3 is 35.0 Å². The van der Waals surface area contributed by atoms with Gasteiger partial charge in [-0.3, -0.25) is 9.59 Å². The molecule has 0 bridgehead atoms. The number of hydrogen-bond donors (Lipinski definition) is 5. The molecule has 1 saturated heterocycles. The van der Waals surface area contributed by atoms with E-state index in [1.807, 2.05) is 0 Å². The third-order valence-corrected chi connectivity index (χ3v) is 15.3. The van der Waals surface area contributed by atoms with Crippen LogP contribution in [-0.4, -0.2) is 74.3 Å². The molecule has 5 fully saturated rings. The molecule has 45 heavy (non-hydrogen) atoms. The Hall–Kier alpha value is -1.52. The lowest BCUT2D eigenvalue weighted by molar-refractivity contribution is -0.324. The normalized spacial score (nSPS) is 54.0. The van der Waals surface area contributed by atoms with Crippen molar-refractivity contribution < 1.29 is 44.6 Å². The average Bonchev–Trinajstić information content (AvgIpc) is 2.97. The van der Waals surface area contributed by atoms with E-state index in [4.69, 9.17) is 9.47 Å². The third kappa shape index (κ3) is 4.28. The van der Waals surface area contributed by atoms with Crippen LogP contribution >= 0.6 is 0 Å². The zero-order chi connectivity index (χ0) is 33.1. The predicted molar refractivity (Wildman–Crippen MR) is 166 cm³/mol. The smallest absolute Gasteiger partial charge is 0.314 e. The summed E-state index contributed by atoms with van der Waals surface area (Å²) in [6.07, 6.45) is 2.36. The van der Waals surface area contributed by atoms with Crippen molar-refractivity contribution in [2.24, 2.45) is 56.7 Å². The predicted octanol–water partition coefficient (Wildman–Crippen LogP) is 5.01. The molecule has 0 amide bonds.